The number of nitrogens with zero attached hydrogens (tertiary/aromatic N) is 1. The van der Waals surface area contributed by atoms with Crippen molar-refractivity contribution < 1.29 is 9.53 Å². The molecule has 0 aliphatic heterocycles. The number of hydrogen-bond acceptors (Lipinski definition) is 3. The molecule has 1 atom stereocenters. The van der Waals surface area contributed by atoms with Gasteiger partial charge in [-0.25, -0.2) is 0 Å². The third kappa shape index (κ3) is 4.37. The first-order valence-electron chi connectivity index (χ1n) is 6.12. The third-order valence-electron chi connectivity index (χ3n) is 2.51. The van der Waals surface area contributed by atoms with Gasteiger partial charge in [0.2, 0.25) is 5.91 Å². The molecule has 0 spiro atoms. The molecule has 0 saturated heterocycles. The van der Waals surface area contributed by atoms with E-state index >= 15 is 0 Å². The Labute approximate surface area is 109 Å². The third-order valence-corrected chi connectivity index (χ3v) is 2.51. The summed E-state index contributed by atoms with van der Waals surface area (Å²) in [5.41, 5.74) is 6.88. The van der Waals surface area contributed by atoms with Crippen molar-refractivity contribution in [3.8, 4) is 5.75 Å². The van der Waals surface area contributed by atoms with Gasteiger partial charge in [-0.2, -0.15) is 0 Å². The minimum atomic E-state index is -0.489. The number of ether oxygens (including phenoxy) is 1. The Morgan fingerprint density at radius 2 is 1.83 bits per heavy atom. The van der Waals surface area contributed by atoms with E-state index in [4.69, 9.17) is 10.5 Å². The predicted molar refractivity (Wildman–Crippen MR) is 72.6 cm³/mol. The zero-order valence-electron chi connectivity index (χ0n) is 11.5. The zero-order valence-corrected chi connectivity index (χ0v) is 11.5. The first-order valence-corrected chi connectivity index (χ1v) is 6.12. The molecular formula is C14H22N2O2. The molecule has 0 aliphatic carbocycles. The molecule has 0 heterocycles. The second-order valence-electron chi connectivity index (χ2n) is 4.85. The molecule has 0 radical (unpaired) electrons. The molecule has 100 valence electrons. The number of carbonyl (C=O) groups excluding carboxylic acids is 1. The van der Waals surface area contributed by atoms with Crippen LogP contribution < -0.4 is 10.5 Å². The maximum Gasteiger partial charge on any atom is 0.239 e. The maximum absolute atomic E-state index is 11.6. The number of rotatable bonds is 5. The summed E-state index contributed by atoms with van der Waals surface area (Å²) < 4.78 is 5.55. The number of amides is 1. The fraction of sp³-hybridized carbons (Fsp3) is 0.500. The Bertz CT molecular complexity index is 385. The molecule has 0 saturated carbocycles. The molecule has 0 aromatic heterocycles. The fourth-order valence-electron chi connectivity index (χ4n) is 1.65. The monoisotopic (exact) mass is 250 g/mol. The van der Waals surface area contributed by atoms with Gasteiger partial charge in [-0.15, -0.1) is 0 Å². The van der Waals surface area contributed by atoms with Gasteiger partial charge >= 0.3 is 0 Å². The van der Waals surface area contributed by atoms with Crippen LogP contribution in [0.2, 0.25) is 0 Å². The lowest BCUT2D eigenvalue weighted by molar-refractivity contribution is -0.130. The van der Waals surface area contributed by atoms with Gasteiger partial charge in [0.1, 0.15) is 5.75 Å². The minimum Gasteiger partial charge on any atom is -0.491 e. The van der Waals surface area contributed by atoms with E-state index in [2.05, 4.69) is 0 Å². The van der Waals surface area contributed by atoms with Crippen LogP contribution in [0.15, 0.2) is 24.3 Å². The molecule has 0 fully saturated rings. The molecule has 18 heavy (non-hydrogen) atoms. The lowest BCUT2D eigenvalue weighted by atomic mass is 10.1. The standard InChI is InChI=1S/C14H22N2O2/c1-10(2)18-12-7-5-11(6-8-12)9-13(15)14(17)16(3)4/h5-8,10,13H,9,15H2,1-4H3. The van der Waals surface area contributed by atoms with E-state index in [0.29, 0.717) is 6.42 Å². The van der Waals surface area contributed by atoms with E-state index in [0.717, 1.165) is 11.3 Å². The van der Waals surface area contributed by atoms with Crippen LogP contribution in [-0.2, 0) is 11.2 Å². The highest BCUT2D eigenvalue weighted by atomic mass is 16.5. The van der Waals surface area contributed by atoms with Crippen molar-refractivity contribution in [2.75, 3.05) is 14.1 Å². The first-order chi connectivity index (χ1) is 8.40. The van der Waals surface area contributed by atoms with Crippen LogP contribution in [0.3, 0.4) is 0 Å². The molecule has 4 heteroatoms. The number of benzene rings is 1. The molecule has 1 amide bonds. The first kappa shape index (κ1) is 14.5. The lowest BCUT2D eigenvalue weighted by Crippen LogP contribution is -2.41. The Morgan fingerprint density at radius 1 is 1.28 bits per heavy atom. The van der Waals surface area contributed by atoms with Crippen LogP contribution in [0.1, 0.15) is 19.4 Å². The van der Waals surface area contributed by atoms with Gasteiger partial charge in [-0.3, -0.25) is 4.79 Å². The van der Waals surface area contributed by atoms with Gasteiger partial charge in [-0.1, -0.05) is 12.1 Å². The molecular weight excluding hydrogens is 228 g/mol. The Balaban J connectivity index is 2.61. The van der Waals surface area contributed by atoms with E-state index < -0.39 is 6.04 Å². The van der Waals surface area contributed by atoms with E-state index in [1.807, 2.05) is 38.1 Å². The van der Waals surface area contributed by atoms with Gasteiger partial charge in [-0.05, 0) is 38.0 Å². The largest absolute Gasteiger partial charge is 0.491 e. The lowest BCUT2D eigenvalue weighted by Gasteiger charge is -2.17. The molecule has 1 rings (SSSR count). The number of likely N-dealkylation sites (N-methyl/N-ethyl adjacent to an activating group) is 1. The topological polar surface area (TPSA) is 55.6 Å². The van der Waals surface area contributed by atoms with Crippen molar-refractivity contribution in [2.45, 2.75) is 32.4 Å². The molecule has 0 aliphatic rings. The predicted octanol–water partition coefficient (Wildman–Crippen LogP) is 1.43. The van der Waals surface area contributed by atoms with E-state index in [1.54, 1.807) is 14.1 Å². The number of carbonyl (C=O) groups is 1. The fourth-order valence-corrected chi connectivity index (χ4v) is 1.65. The average molecular weight is 250 g/mol. The van der Waals surface area contributed by atoms with Gasteiger partial charge in [0.05, 0.1) is 12.1 Å². The molecule has 4 nitrogen and oxygen atoms in total. The summed E-state index contributed by atoms with van der Waals surface area (Å²) >= 11 is 0. The quantitative estimate of drug-likeness (QED) is 0.860. The average Bonchev–Trinajstić information content (AvgIpc) is 2.29. The Hall–Kier alpha value is -1.55. The van der Waals surface area contributed by atoms with Crippen molar-refractivity contribution in [3.05, 3.63) is 29.8 Å². The van der Waals surface area contributed by atoms with Gasteiger partial charge in [0, 0.05) is 14.1 Å². The molecule has 1 aromatic rings. The SMILES string of the molecule is CC(C)Oc1ccc(CC(N)C(=O)N(C)C)cc1. The van der Waals surface area contributed by atoms with Crippen LogP contribution in [0.25, 0.3) is 0 Å². The van der Waals surface area contributed by atoms with Crippen LogP contribution in [-0.4, -0.2) is 37.0 Å². The zero-order chi connectivity index (χ0) is 13.7. The van der Waals surface area contributed by atoms with E-state index in [-0.39, 0.29) is 12.0 Å². The normalized spacial score (nSPS) is 12.3. The Kier molecular flexibility index (Phi) is 5.16. The van der Waals surface area contributed by atoms with Crippen molar-refractivity contribution in [2.24, 2.45) is 5.73 Å². The number of hydrogen-bond donors (Lipinski definition) is 1. The van der Waals surface area contributed by atoms with Crippen LogP contribution in [0, 0.1) is 0 Å². The second-order valence-corrected chi connectivity index (χ2v) is 4.85. The van der Waals surface area contributed by atoms with Crippen molar-refractivity contribution >= 4 is 5.91 Å². The van der Waals surface area contributed by atoms with Crippen LogP contribution in [0.4, 0.5) is 0 Å². The molecule has 1 aromatic carbocycles. The highest BCUT2D eigenvalue weighted by Gasteiger charge is 2.15. The van der Waals surface area contributed by atoms with Crippen LogP contribution >= 0.6 is 0 Å². The molecule has 2 N–H and O–H groups in total. The summed E-state index contributed by atoms with van der Waals surface area (Å²) in [4.78, 5) is 13.2. The van der Waals surface area contributed by atoms with Gasteiger partial charge < -0.3 is 15.4 Å². The van der Waals surface area contributed by atoms with Crippen LogP contribution in [0.5, 0.6) is 5.75 Å². The van der Waals surface area contributed by atoms with Crippen molar-refractivity contribution in [3.63, 3.8) is 0 Å². The molecule has 0 bridgehead atoms. The summed E-state index contributed by atoms with van der Waals surface area (Å²) in [6.07, 6.45) is 0.701. The van der Waals surface area contributed by atoms with Gasteiger partial charge in [0.25, 0.3) is 0 Å². The van der Waals surface area contributed by atoms with E-state index in [1.165, 1.54) is 4.90 Å². The highest BCUT2D eigenvalue weighted by molar-refractivity contribution is 5.81. The summed E-state index contributed by atoms with van der Waals surface area (Å²) in [7, 11) is 3.42. The summed E-state index contributed by atoms with van der Waals surface area (Å²) in [5.74, 6) is 0.777. The highest BCUT2D eigenvalue weighted by Crippen LogP contribution is 2.14. The van der Waals surface area contributed by atoms with Crippen molar-refractivity contribution in [1.82, 2.24) is 4.90 Å². The van der Waals surface area contributed by atoms with E-state index in [9.17, 15) is 4.79 Å². The smallest absolute Gasteiger partial charge is 0.239 e. The minimum absolute atomic E-state index is 0.0579. The Morgan fingerprint density at radius 3 is 2.28 bits per heavy atom. The summed E-state index contributed by atoms with van der Waals surface area (Å²) in [6, 6.07) is 7.21. The maximum atomic E-state index is 11.6. The van der Waals surface area contributed by atoms with Gasteiger partial charge in [0.15, 0.2) is 0 Å². The summed E-state index contributed by atoms with van der Waals surface area (Å²) in [5, 5.41) is 0. The van der Waals surface area contributed by atoms with Crippen molar-refractivity contribution in [1.29, 1.82) is 0 Å². The summed E-state index contributed by atoms with van der Waals surface area (Å²) in [6.45, 7) is 3.97. The molecule has 1 unspecified atom stereocenters. The second kappa shape index (κ2) is 6.40. The number of nitrogens with two attached hydrogens (primary N) is 1.